The van der Waals surface area contributed by atoms with Gasteiger partial charge in [-0.25, -0.2) is 0 Å². The van der Waals surface area contributed by atoms with Gasteiger partial charge in [-0.05, 0) is 96.3 Å². The van der Waals surface area contributed by atoms with Crippen molar-refractivity contribution in [2.75, 3.05) is 13.2 Å². The summed E-state index contributed by atoms with van der Waals surface area (Å²) >= 11 is 0. The molecule has 0 rings (SSSR count). The molecule has 0 aliphatic carbocycles. The van der Waals surface area contributed by atoms with Crippen molar-refractivity contribution in [2.45, 2.75) is 245 Å². The highest BCUT2D eigenvalue weighted by Gasteiger charge is 2.19. The number of ether oxygens (including phenoxy) is 3. The molecule has 0 N–H and O–H groups in total. The average Bonchev–Trinajstić information content (AvgIpc) is 3.28. The molecular weight excluding hydrogens is 781 g/mol. The van der Waals surface area contributed by atoms with Crippen molar-refractivity contribution in [2.24, 2.45) is 0 Å². The Labute approximate surface area is 388 Å². The number of rotatable bonds is 46. The van der Waals surface area contributed by atoms with E-state index < -0.39 is 6.10 Å². The monoisotopic (exact) mass is 877 g/mol. The van der Waals surface area contributed by atoms with Gasteiger partial charge in [0.15, 0.2) is 6.10 Å². The van der Waals surface area contributed by atoms with Gasteiger partial charge < -0.3 is 14.2 Å². The topological polar surface area (TPSA) is 78.9 Å². The molecule has 0 aliphatic rings. The lowest BCUT2D eigenvalue weighted by Gasteiger charge is -2.18. The van der Waals surface area contributed by atoms with Crippen molar-refractivity contribution in [1.29, 1.82) is 0 Å². The first kappa shape index (κ1) is 59.6. The van der Waals surface area contributed by atoms with E-state index in [-0.39, 0.29) is 37.5 Å². The zero-order chi connectivity index (χ0) is 45.8. The minimum Gasteiger partial charge on any atom is -0.462 e. The van der Waals surface area contributed by atoms with E-state index >= 15 is 0 Å². The number of esters is 3. The molecule has 0 saturated carbocycles. The van der Waals surface area contributed by atoms with Crippen molar-refractivity contribution in [3.8, 4) is 0 Å². The second-order valence-electron chi connectivity index (χ2n) is 17.1. The third-order valence-corrected chi connectivity index (χ3v) is 10.9. The SMILES string of the molecule is CC/C=C\C/C=C\C/C=C\C/C=C\CCCCC(=O)O[C@H](COC(=O)CCCCCC/C=C\C/C=C\C/C=C\CCCCC)COC(=O)CCCCCCCCCCCCCCC. The van der Waals surface area contributed by atoms with Crippen molar-refractivity contribution >= 4 is 17.9 Å². The summed E-state index contributed by atoms with van der Waals surface area (Å²) in [6.45, 7) is 6.44. The molecule has 360 valence electrons. The molecule has 0 heterocycles. The van der Waals surface area contributed by atoms with Crippen LogP contribution in [0.2, 0.25) is 0 Å². The summed E-state index contributed by atoms with van der Waals surface area (Å²) in [5.41, 5.74) is 0. The normalized spacial score (nSPS) is 12.7. The zero-order valence-corrected chi connectivity index (χ0v) is 41.1. The van der Waals surface area contributed by atoms with Crippen LogP contribution in [-0.2, 0) is 28.6 Å². The summed E-state index contributed by atoms with van der Waals surface area (Å²) < 4.78 is 16.7. The summed E-state index contributed by atoms with van der Waals surface area (Å²) in [5, 5.41) is 0. The highest BCUT2D eigenvalue weighted by molar-refractivity contribution is 5.71. The van der Waals surface area contributed by atoms with E-state index in [0.29, 0.717) is 19.3 Å². The highest BCUT2D eigenvalue weighted by atomic mass is 16.6. The van der Waals surface area contributed by atoms with E-state index in [0.717, 1.165) is 103 Å². The maximum absolute atomic E-state index is 12.8. The van der Waals surface area contributed by atoms with E-state index in [1.807, 2.05) is 0 Å². The van der Waals surface area contributed by atoms with E-state index in [1.54, 1.807) is 0 Å². The number of carbonyl (C=O) groups excluding carboxylic acids is 3. The standard InChI is InChI=1S/C57H96O6/c1-4-7-10-13-16-19-22-25-27-28-30-32-35-38-41-44-47-50-56(59)62-53-54(52-61-55(58)49-46-43-40-37-34-31-24-21-18-15-12-9-6-3)63-57(60)51-48-45-42-39-36-33-29-26-23-20-17-14-11-8-5-2/h8,11,16-17,19-20,25-27,29-30,32,36,39,54H,4-7,9-10,12-15,18,21-24,28,31,33-35,37-38,40-53H2,1-3H3/b11-8-,19-16-,20-17-,27-25-,29-26-,32-30-,39-36-/t54-/m0/s1. The highest BCUT2D eigenvalue weighted by Crippen LogP contribution is 2.14. The molecule has 6 nitrogen and oxygen atoms in total. The largest absolute Gasteiger partial charge is 0.462 e. The molecule has 6 heteroatoms. The molecule has 0 amide bonds. The lowest BCUT2D eigenvalue weighted by atomic mass is 10.0. The first-order chi connectivity index (χ1) is 31.0. The Balaban J connectivity index is 4.49. The lowest BCUT2D eigenvalue weighted by molar-refractivity contribution is -0.167. The van der Waals surface area contributed by atoms with Gasteiger partial charge in [-0.3, -0.25) is 14.4 Å². The van der Waals surface area contributed by atoms with Gasteiger partial charge >= 0.3 is 17.9 Å². The third kappa shape index (κ3) is 49.5. The van der Waals surface area contributed by atoms with Gasteiger partial charge in [-0.2, -0.15) is 0 Å². The summed E-state index contributed by atoms with van der Waals surface area (Å²) in [6, 6.07) is 0. The van der Waals surface area contributed by atoms with Crippen LogP contribution in [0.1, 0.15) is 239 Å². The molecular formula is C57H96O6. The van der Waals surface area contributed by atoms with Crippen molar-refractivity contribution in [1.82, 2.24) is 0 Å². The number of unbranched alkanes of at least 4 members (excludes halogenated alkanes) is 21. The van der Waals surface area contributed by atoms with Crippen LogP contribution >= 0.6 is 0 Å². The number of hydrogen-bond donors (Lipinski definition) is 0. The maximum atomic E-state index is 12.8. The van der Waals surface area contributed by atoms with Crippen molar-refractivity contribution < 1.29 is 28.6 Å². The number of carbonyl (C=O) groups is 3. The van der Waals surface area contributed by atoms with Crippen LogP contribution < -0.4 is 0 Å². The van der Waals surface area contributed by atoms with E-state index in [9.17, 15) is 14.4 Å². The Bertz CT molecular complexity index is 1240. The van der Waals surface area contributed by atoms with Crippen LogP contribution in [0, 0.1) is 0 Å². The Morgan fingerprint density at radius 3 is 1.03 bits per heavy atom. The number of allylic oxidation sites excluding steroid dienone is 14. The summed E-state index contributed by atoms with van der Waals surface area (Å²) in [4.78, 5) is 38.0. The number of hydrogen-bond acceptors (Lipinski definition) is 6. The van der Waals surface area contributed by atoms with Gasteiger partial charge in [0.1, 0.15) is 13.2 Å². The van der Waals surface area contributed by atoms with Crippen LogP contribution in [0.5, 0.6) is 0 Å². The quantitative estimate of drug-likeness (QED) is 0.0262. The molecule has 0 fully saturated rings. The van der Waals surface area contributed by atoms with Crippen LogP contribution in [0.3, 0.4) is 0 Å². The maximum Gasteiger partial charge on any atom is 0.306 e. The summed E-state index contributed by atoms with van der Waals surface area (Å²) in [6.07, 6.45) is 65.6. The van der Waals surface area contributed by atoms with Crippen molar-refractivity contribution in [3.63, 3.8) is 0 Å². The van der Waals surface area contributed by atoms with Gasteiger partial charge in [0.05, 0.1) is 0 Å². The predicted molar refractivity (Wildman–Crippen MR) is 270 cm³/mol. The molecule has 0 aromatic heterocycles. The van der Waals surface area contributed by atoms with Crippen molar-refractivity contribution in [3.05, 3.63) is 85.1 Å². The van der Waals surface area contributed by atoms with Gasteiger partial charge in [-0.1, -0.05) is 209 Å². The molecule has 0 radical (unpaired) electrons. The molecule has 1 atom stereocenters. The van der Waals surface area contributed by atoms with Crippen LogP contribution in [-0.4, -0.2) is 37.2 Å². The molecule has 0 aliphatic heterocycles. The molecule has 0 spiro atoms. The van der Waals surface area contributed by atoms with Gasteiger partial charge in [0.2, 0.25) is 0 Å². The first-order valence-corrected chi connectivity index (χ1v) is 26.1. The Kier molecular flexibility index (Phi) is 48.5. The molecule has 0 aromatic carbocycles. The summed E-state index contributed by atoms with van der Waals surface area (Å²) in [5.74, 6) is -0.963. The lowest BCUT2D eigenvalue weighted by Crippen LogP contribution is -2.30. The fourth-order valence-electron chi connectivity index (χ4n) is 6.97. The Morgan fingerprint density at radius 2 is 0.619 bits per heavy atom. The van der Waals surface area contributed by atoms with Gasteiger partial charge in [-0.15, -0.1) is 0 Å². The molecule has 63 heavy (non-hydrogen) atoms. The van der Waals surface area contributed by atoms with Gasteiger partial charge in [0.25, 0.3) is 0 Å². The van der Waals surface area contributed by atoms with Crippen LogP contribution in [0.15, 0.2) is 85.1 Å². The Hall–Kier alpha value is -3.41. The second kappa shape index (κ2) is 51.2. The van der Waals surface area contributed by atoms with E-state index in [1.165, 1.54) is 89.9 Å². The fraction of sp³-hybridized carbons (Fsp3) is 0.702. The smallest absolute Gasteiger partial charge is 0.306 e. The molecule has 0 aromatic rings. The second-order valence-corrected chi connectivity index (χ2v) is 17.1. The molecule has 0 bridgehead atoms. The first-order valence-electron chi connectivity index (χ1n) is 26.1. The Morgan fingerprint density at radius 1 is 0.333 bits per heavy atom. The van der Waals surface area contributed by atoms with E-state index in [4.69, 9.17) is 14.2 Å². The minimum atomic E-state index is -0.806. The van der Waals surface area contributed by atoms with Crippen LogP contribution in [0.25, 0.3) is 0 Å². The van der Waals surface area contributed by atoms with Crippen LogP contribution in [0.4, 0.5) is 0 Å². The average molecular weight is 877 g/mol. The van der Waals surface area contributed by atoms with Gasteiger partial charge in [0, 0.05) is 19.3 Å². The fourth-order valence-corrected chi connectivity index (χ4v) is 6.97. The minimum absolute atomic E-state index is 0.0995. The predicted octanol–water partition coefficient (Wildman–Crippen LogP) is 17.2. The summed E-state index contributed by atoms with van der Waals surface area (Å²) in [7, 11) is 0. The molecule has 0 saturated heterocycles. The third-order valence-electron chi connectivity index (χ3n) is 10.9. The molecule has 0 unspecified atom stereocenters. The van der Waals surface area contributed by atoms with E-state index in [2.05, 4.69) is 106 Å². The zero-order valence-electron chi connectivity index (χ0n) is 41.1.